The Labute approximate surface area is 171 Å². The van der Waals surface area contributed by atoms with Crippen molar-refractivity contribution in [2.45, 2.75) is 52.8 Å². The molecule has 0 saturated carbocycles. The predicted molar refractivity (Wildman–Crippen MR) is 107 cm³/mol. The topological polar surface area (TPSA) is 63.4 Å². The van der Waals surface area contributed by atoms with Crippen molar-refractivity contribution in [1.29, 1.82) is 0 Å². The Bertz CT molecular complexity index is 1200. The smallest absolute Gasteiger partial charge is 0.350 e. The summed E-state index contributed by atoms with van der Waals surface area (Å²) in [5.41, 5.74) is 3.04. The molecule has 4 rings (SSSR count). The van der Waals surface area contributed by atoms with E-state index in [2.05, 4.69) is 15.1 Å². The van der Waals surface area contributed by atoms with Gasteiger partial charge in [0.05, 0.1) is 11.3 Å². The van der Waals surface area contributed by atoms with Gasteiger partial charge in [-0.3, -0.25) is 9.78 Å². The van der Waals surface area contributed by atoms with Gasteiger partial charge in [-0.15, -0.1) is 5.10 Å². The Morgan fingerprint density at radius 1 is 1.13 bits per heavy atom. The van der Waals surface area contributed by atoms with Crippen molar-refractivity contribution >= 4 is 11.5 Å². The minimum absolute atomic E-state index is 0.107. The summed E-state index contributed by atoms with van der Waals surface area (Å²) in [5, 5.41) is 4.53. The van der Waals surface area contributed by atoms with Crippen LogP contribution in [0, 0.1) is 13.8 Å². The molecule has 30 heavy (non-hydrogen) atoms. The second-order valence-corrected chi connectivity index (χ2v) is 7.98. The summed E-state index contributed by atoms with van der Waals surface area (Å²) < 4.78 is 40.6. The first-order chi connectivity index (χ1) is 14.1. The lowest BCUT2D eigenvalue weighted by Crippen LogP contribution is -2.34. The molecule has 1 aliphatic heterocycles. The molecule has 0 bridgehead atoms. The van der Waals surface area contributed by atoms with Crippen LogP contribution in [0.15, 0.2) is 23.1 Å². The SMILES string of the molecule is Cc1c(N2CCc3ncc(C(F)(F)F)cc3C2)nn2c(=O)cc(C(C)C)nc2c1C. The fraction of sp³-hybridized carbons (Fsp3) is 0.429. The summed E-state index contributed by atoms with van der Waals surface area (Å²) in [6.45, 7) is 8.51. The number of anilines is 1. The molecule has 1 aliphatic rings. The van der Waals surface area contributed by atoms with Crippen LogP contribution in [0.3, 0.4) is 0 Å². The average molecular weight is 417 g/mol. The molecule has 0 atom stereocenters. The molecule has 0 radical (unpaired) electrons. The van der Waals surface area contributed by atoms with E-state index in [0.717, 1.165) is 23.4 Å². The molecule has 0 unspecified atom stereocenters. The first-order valence-electron chi connectivity index (χ1n) is 9.77. The number of alkyl halides is 3. The molecule has 158 valence electrons. The van der Waals surface area contributed by atoms with Crippen molar-refractivity contribution in [3.8, 4) is 0 Å². The van der Waals surface area contributed by atoms with E-state index in [4.69, 9.17) is 0 Å². The number of halogens is 3. The number of rotatable bonds is 2. The van der Waals surface area contributed by atoms with Crippen molar-refractivity contribution in [1.82, 2.24) is 19.6 Å². The largest absolute Gasteiger partial charge is 0.417 e. The maximum Gasteiger partial charge on any atom is 0.417 e. The van der Waals surface area contributed by atoms with Crippen LogP contribution in [-0.2, 0) is 19.1 Å². The molecule has 0 aliphatic carbocycles. The molecule has 0 N–H and O–H groups in total. The normalized spacial score (nSPS) is 14.5. The lowest BCUT2D eigenvalue weighted by atomic mass is 10.0. The molecule has 6 nitrogen and oxygen atoms in total. The number of pyridine rings is 1. The molecule has 3 aromatic rings. The minimum Gasteiger partial charge on any atom is -0.350 e. The second-order valence-electron chi connectivity index (χ2n) is 7.98. The van der Waals surface area contributed by atoms with Gasteiger partial charge in [-0.1, -0.05) is 13.8 Å². The standard InChI is InChI=1S/C21H22F3N5O/c1-11(2)17-8-18(30)29-19(26-17)12(3)13(4)20(27-29)28-6-5-16-14(10-28)7-15(9-25-16)21(22,23)24/h7-9,11H,5-6,10H2,1-4H3. The maximum atomic E-state index is 13.1. The first-order valence-corrected chi connectivity index (χ1v) is 9.77. The van der Waals surface area contributed by atoms with E-state index in [9.17, 15) is 18.0 Å². The molecule has 0 amide bonds. The van der Waals surface area contributed by atoms with Crippen LogP contribution < -0.4 is 10.5 Å². The number of aryl methyl sites for hydroxylation is 1. The van der Waals surface area contributed by atoms with Gasteiger partial charge in [0.1, 0.15) is 0 Å². The molecule has 0 fully saturated rings. The van der Waals surface area contributed by atoms with E-state index in [0.29, 0.717) is 41.4 Å². The molecule has 9 heteroatoms. The fourth-order valence-corrected chi connectivity index (χ4v) is 3.70. The van der Waals surface area contributed by atoms with Gasteiger partial charge in [0.25, 0.3) is 5.56 Å². The third-order valence-corrected chi connectivity index (χ3v) is 5.60. The van der Waals surface area contributed by atoms with Gasteiger partial charge in [-0.25, -0.2) is 4.98 Å². The summed E-state index contributed by atoms with van der Waals surface area (Å²) in [4.78, 5) is 23.2. The Morgan fingerprint density at radius 3 is 2.53 bits per heavy atom. The second kappa shape index (κ2) is 7.07. The Morgan fingerprint density at radius 2 is 1.87 bits per heavy atom. The molecule has 3 aromatic heterocycles. The molecule has 0 aromatic carbocycles. The maximum absolute atomic E-state index is 13.1. The molecule has 0 saturated heterocycles. The highest BCUT2D eigenvalue weighted by atomic mass is 19.4. The van der Waals surface area contributed by atoms with Crippen molar-refractivity contribution in [3.63, 3.8) is 0 Å². The monoisotopic (exact) mass is 417 g/mol. The highest BCUT2D eigenvalue weighted by Crippen LogP contribution is 2.32. The molecule has 0 spiro atoms. The summed E-state index contributed by atoms with van der Waals surface area (Å²) in [7, 11) is 0. The number of fused-ring (bicyclic) bond motifs is 2. The zero-order valence-electron chi connectivity index (χ0n) is 17.2. The summed E-state index contributed by atoms with van der Waals surface area (Å²) in [5.74, 6) is 0.681. The van der Waals surface area contributed by atoms with E-state index in [1.165, 1.54) is 10.6 Å². The highest BCUT2D eigenvalue weighted by molar-refractivity contribution is 5.60. The summed E-state index contributed by atoms with van der Waals surface area (Å²) in [6, 6.07) is 2.63. The lowest BCUT2D eigenvalue weighted by Gasteiger charge is -2.31. The van der Waals surface area contributed by atoms with Crippen LogP contribution in [0.4, 0.5) is 19.0 Å². The summed E-state index contributed by atoms with van der Waals surface area (Å²) in [6.07, 6.45) is -3.05. The van der Waals surface area contributed by atoms with Gasteiger partial charge >= 0.3 is 6.18 Å². The van der Waals surface area contributed by atoms with Crippen molar-refractivity contribution in [2.75, 3.05) is 11.4 Å². The summed E-state index contributed by atoms with van der Waals surface area (Å²) >= 11 is 0. The van der Waals surface area contributed by atoms with E-state index in [-0.39, 0.29) is 18.0 Å². The van der Waals surface area contributed by atoms with Gasteiger partial charge in [0.15, 0.2) is 11.5 Å². The van der Waals surface area contributed by atoms with Crippen LogP contribution in [-0.4, -0.2) is 26.1 Å². The zero-order valence-corrected chi connectivity index (χ0v) is 17.2. The number of hydrogen-bond acceptors (Lipinski definition) is 5. The first kappa shape index (κ1) is 20.3. The van der Waals surface area contributed by atoms with Gasteiger partial charge in [0, 0.05) is 48.6 Å². The van der Waals surface area contributed by atoms with Crippen LogP contribution in [0.2, 0.25) is 0 Å². The van der Waals surface area contributed by atoms with Crippen molar-refractivity contribution < 1.29 is 13.2 Å². The van der Waals surface area contributed by atoms with E-state index < -0.39 is 11.7 Å². The van der Waals surface area contributed by atoms with Crippen molar-refractivity contribution in [3.05, 3.63) is 62.3 Å². The molecular formula is C21H22F3N5O. The lowest BCUT2D eigenvalue weighted by molar-refractivity contribution is -0.137. The third kappa shape index (κ3) is 3.42. The van der Waals surface area contributed by atoms with E-state index in [1.54, 1.807) is 0 Å². The predicted octanol–water partition coefficient (Wildman–Crippen LogP) is 3.81. The highest BCUT2D eigenvalue weighted by Gasteiger charge is 2.33. The van der Waals surface area contributed by atoms with Crippen LogP contribution in [0.25, 0.3) is 5.65 Å². The number of nitrogens with zero attached hydrogens (tertiary/aromatic N) is 5. The van der Waals surface area contributed by atoms with Crippen molar-refractivity contribution in [2.24, 2.45) is 0 Å². The Balaban J connectivity index is 1.79. The van der Waals surface area contributed by atoms with E-state index in [1.807, 2.05) is 32.6 Å². The van der Waals surface area contributed by atoms with Gasteiger partial charge < -0.3 is 4.90 Å². The number of aromatic nitrogens is 4. The third-order valence-electron chi connectivity index (χ3n) is 5.60. The quantitative estimate of drug-likeness (QED) is 0.635. The van der Waals surface area contributed by atoms with Crippen LogP contribution in [0.5, 0.6) is 0 Å². The molecular weight excluding hydrogens is 395 g/mol. The van der Waals surface area contributed by atoms with E-state index >= 15 is 0 Å². The van der Waals surface area contributed by atoms with Gasteiger partial charge in [-0.2, -0.15) is 17.7 Å². The van der Waals surface area contributed by atoms with Crippen LogP contribution >= 0.6 is 0 Å². The molecule has 4 heterocycles. The van der Waals surface area contributed by atoms with Gasteiger partial charge in [0.2, 0.25) is 0 Å². The Kier molecular flexibility index (Phi) is 4.79. The number of hydrogen-bond donors (Lipinski definition) is 0. The Hall–Kier alpha value is -2.97. The average Bonchev–Trinajstić information content (AvgIpc) is 2.69. The van der Waals surface area contributed by atoms with Crippen LogP contribution in [0.1, 0.15) is 53.4 Å². The van der Waals surface area contributed by atoms with Gasteiger partial charge in [-0.05, 0) is 31.4 Å². The minimum atomic E-state index is -4.44. The fourth-order valence-electron chi connectivity index (χ4n) is 3.70. The zero-order chi connectivity index (χ0) is 21.8.